The van der Waals surface area contributed by atoms with Crippen LogP contribution in [0.3, 0.4) is 0 Å². The Hall–Kier alpha value is -2.41. The number of anilines is 1. The summed E-state index contributed by atoms with van der Waals surface area (Å²) >= 11 is 0. The first-order valence-electron chi connectivity index (χ1n) is 7.80. The maximum absolute atomic E-state index is 14.1. The largest absolute Gasteiger partial charge is 0.416 e. The van der Waals surface area contributed by atoms with E-state index in [1.807, 2.05) is 6.92 Å². The molecule has 2 aromatic carbocycles. The Bertz CT molecular complexity index is 791. The number of benzene rings is 2. The summed E-state index contributed by atoms with van der Waals surface area (Å²) < 4.78 is 52.9. The molecule has 25 heavy (non-hydrogen) atoms. The van der Waals surface area contributed by atoms with Crippen LogP contribution in [0.25, 0.3) is 0 Å². The van der Waals surface area contributed by atoms with E-state index in [0.717, 1.165) is 12.1 Å². The van der Waals surface area contributed by atoms with Crippen LogP contribution in [0.5, 0.6) is 0 Å². The van der Waals surface area contributed by atoms with Gasteiger partial charge in [-0.25, -0.2) is 4.39 Å². The van der Waals surface area contributed by atoms with E-state index in [1.165, 1.54) is 35.2 Å². The molecule has 0 spiro atoms. The average molecular weight is 352 g/mol. The first-order valence-corrected chi connectivity index (χ1v) is 7.80. The van der Waals surface area contributed by atoms with Gasteiger partial charge in [-0.05, 0) is 30.8 Å². The summed E-state index contributed by atoms with van der Waals surface area (Å²) in [4.78, 5) is 15.8. The van der Waals surface area contributed by atoms with Crippen molar-refractivity contribution in [1.82, 2.24) is 4.90 Å². The second-order valence-electron chi connectivity index (χ2n) is 5.78. The van der Waals surface area contributed by atoms with Crippen molar-refractivity contribution in [2.45, 2.75) is 19.1 Å². The van der Waals surface area contributed by atoms with Gasteiger partial charge in [-0.15, -0.1) is 0 Å². The number of amides is 1. The number of nitrogens with zero attached hydrogens (tertiary/aromatic N) is 2. The van der Waals surface area contributed by atoms with Gasteiger partial charge in [0.05, 0.1) is 12.2 Å². The Morgan fingerprint density at radius 2 is 1.84 bits per heavy atom. The molecule has 1 fully saturated rings. The highest BCUT2D eigenvalue weighted by Crippen LogP contribution is 2.36. The zero-order valence-corrected chi connectivity index (χ0v) is 13.4. The van der Waals surface area contributed by atoms with E-state index in [9.17, 15) is 22.4 Å². The number of carbonyl (C=O) groups excluding carboxylic acids is 1. The lowest BCUT2D eigenvalue weighted by Crippen LogP contribution is -2.27. The molecule has 0 aliphatic carbocycles. The fraction of sp³-hybridized carbons (Fsp3) is 0.278. The molecule has 132 valence electrons. The molecule has 7 heteroatoms. The summed E-state index contributed by atoms with van der Waals surface area (Å²) in [5, 5.41) is 0. The van der Waals surface area contributed by atoms with Gasteiger partial charge >= 0.3 is 6.18 Å². The maximum atomic E-state index is 14.1. The van der Waals surface area contributed by atoms with Gasteiger partial charge in [0.2, 0.25) is 5.91 Å². The lowest BCUT2D eigenvalue weighted by Gasteiger charge is -2.20. The Labute approximate surface area is 142 Å². The molecule has 1 aliphatic rings. The minimum Gasteiger partial charge on any atom is -0.297 e. The van der Waals surface area contributed by atoms with Crippen molar-refractivity contribution < 1.29 is 22.4 Å². The van der Waals surface area contributed by atoms with Crippen LogP contribution in [0.1, 0.15) is 24.1 Å². The highest BCUT2D eigenvalue weighted by Gasteiger charge is 2.41. The predicted octanol–water partition coefficient (Wildman–Crippen LogP) is 4.21. The number of hydrogen-bond donors (Lipinski definition) is 0. The van der Waals surface area contributed by atoms with Crippen molar-refractivity contribution in [3.63, 3.8) is 0 Å². The molecule has 0 radical (unpaired) electrons. The zero-order chi connectivity index (χ0) is 18.2. The average Bonchev–Trinajstić information content (AvgIpc) is 2.91. The third kappa shape index (κ3) is 3.24. The van der Waals surface area contributed by atoms with E-state index in [-0.39, 0.29) is 17.9 Å². The Kier molecular flexibility index (Phi) is 4.51. The van der Waals surface area contributed by atoms with E-state index in [2.05, 4.69) is 0 Å². The van der Waals surface area contributed by atoms with E-state index < -0.39 is 29.5 Å². The van der Waals surface area contributed by atoms with Crippen molar-refractivity contribution in [2.75, 3.05) is 18.1 Å². The molecule has 0 bridgehead atoms. The SMILES string of the molecule is CCN1CN(c2cccc(C(F)(F)F)c2)C(=O)C1c1ccccc1F. The molecule has 1 heterocycles. The summed E-state index contributed by atoms with van der Waals surface area (Å²) in [6.07, 6.45) is -4.49. The molecule has 1 unspecified atom stereocenters. The Morgan fingerprint density at radius 3 is 2.48 bits per heavy atom. The number of hydrogen-bond acceptors (Lipinski definition) is 2. The number of rotatable bonds is 3. The second-order valence-corrected chi connectivity index (χ2v) is 5.78. The molecule has 1 amide bonds. The Morgan fingerprint density at radius 1 is 1.12 bits per heavy atom. The molecule has 0 saturated carbocycles. The summed E-state index contributed by atoms with van der Waals surface area (Å²) in [6, 6.07) is 9.71. The smallest absolute Gasteiger partial charge is 0.297 e. The third-order valence-electron chi connectivity index (χ3n) is 4.28. The number of alkyl halides is 3. The monoisotopic (exact) mass is 352 g/mol. The van der Waals surface area contributed by atoms with E-state index >= 15 is 0 Å². The topological polar surface area (TPSA) is 23.6 Å². The quantitative estimate of drug-likeness (QED) is 0.773. The van der Waals surface area contributed by atoms with Gasteiger partial charge in [0, 0.05) is 11.3 Å². The summed E-state index contributed by atoms with van der Waals surface area (Å²) in [5.74, 6) is -0.948. The summed E-state index contributed by atoms with van der Waals surface area (Å²) in [5.41, 5.74) is -0.448. The fourth-order valence-electron chi connectivity index (χ4n) is 3.00. The van der Waals surface area contributed by atoms with Crippen LogP contribution in [0.15, 0.2) is 48.5 Å². The van der Waals surface area contributed by atoms with Crippen LogP contribution >= 0.6 is 0 Å². The molecular formula is C18H16F4N2O. The molecule has 3 nitrogen and oxygen atoms in total. The molecule has 0 aromatic heterocycles. The van der Waals surface area contributed by atoms with Crippen molar-refractivity contribution in [2.24, 2.45) is 0 Å². The van der Waals surface area contributed by atoms with Crippen LogP contribution < -0.4 is 4.90 Å². The van der Waals surface area contributed by atoms with Crippen molar-refractivity contribution >= 4 is 11.6 Å². The minimum absolute atomic E-state index is 0.107. The highest BCUT2D eigenvalue weighted by molar-refractivity contribution is 5.99. The maximum Gasteiger partial charge on any atom is 0.416 e. The van der Waals surface area contributed by atoms with Crippen LogP contribution in [0.2, 0.25) is 0 Å². The molecular weight excluding hydrogens is 336 g/mol. The first kappa shape index (κ1) is 17.4. The van der Waals surface area contributed by atoms with Crippen molar-refractivity contribution in [3.8, 4) is 0 Å². The molecule has 1 aliphatic heterocycles. The normalized spacial score (nSPS) is 18.8. The van der Waals surface area contributed by atoms with Crippen LogP contribution in [-0.2, 0) is 11.0 Å². The third-order valence-corrected chi connectivity index (χ3v) is 4.28. The van der Waals surface area contributed by atoms with E-state index in [4.69, 9.17) is 0 Å². The van der Waals surface area contributed by atoms with Gasteiger partial charge < -0.3 is 0 Å². The lowest BCUT2D eigenvalue weighted by molar-refractivity contribution is -0.137. The van der Waals surface area contributed by atoms with Crippen LogP contribution in [0, 0.1) is 5.82 Å². The minimum atomic E-state index is -4.49. The Balaban J connectivity index is 1.98. The molecule has 2 aromatic rings. The molecule has 1 saturated heterocycles. The highest BCUT2D eigenvalue weighted by atomic mass is 19.4. The molecule has 3 rings (SSSR count). The second kappa shape index (κ2) is 6.48. The lowest BCUT2D eigenvalue weighted by atomic mass is 10.0. The number of likely N-dealkylation sites (N-methyl/N-ethyl adjacent to an activating group) is 1. The van der Waals surface area contributed by atoms with Gasteiger partial charge in [-0.1, -0.05) is 31.2 Å². The standard InChI is InChI=1S/C18H16F4N2O/c1-2-23-11-24(13-7-5-6-12(10-13)18(20,21)22)17(25)16(23)14-8-3-4-9-15(14)19/h3-10,16H,2,11H2,1H3. The zero-order valence-electron chi connectivity index (χ0n) is 13.4. The van der Waals surface area contributed by atoms with Gasteiger partial charge in [0.1, 0.15) is 11.9 Å². The first-order chi connectivity index (χ1) is 11.8. The van der Waals surface area contributed by atoms with Crippen molar-refractivity contribution in [3.05, 3.63) is 65.5 Å². The summed E-state index contributed by atoms with van der Waals surface area (Å²) in [6.45, 7) is 2.38. The fourth-order valence-corrected chi connectivity index (χ4v) is 3.00. The molecule has 1 atom stereocenters. The van der Waals surface area contributed by atoms with Crippen LogP contribution in [-0.4, -0.2) is 24.0 Å². The van der Waals surface area contributed by atoms with Gasteiger partial charge in [0.15, 0.2) is 0 Å². The summed E-state index contributed by atoms with van der Waals surface area (Å²) in [7, 11) is 0. The van der Waals surface area contributed by atoms with Gasteiger partial charge in [0.25, 0.3) is 0 Å². The van der Waals surface area contributed by atoms with E-state index in [0.29, 0.717) is 6.54 Å². The van der Waals surface area contributed by atoms with Gasteiger partial charge in [-0.3, -0.25) is 14.6 Å². The van der Waals surface area contributed by atoms with Crippen molar-refractivity contribution in [1.29, 1.82) is 0 Å². The predicted molar refractivity (Wildman–Crippen MR) is 85.3 cm³/mol. The number of carbonyl (C=O) groups is 1. The number of halogens is 4. The van der Waals surface area contributed by atoms with Gasteiger partial charge in [-0.2, -0.15) is 13.2 Å². The van der Waals surface area contributed by atoms with Crippen LogP contribution in [0.4, 0.5) is 23.2 Å². The molecule has 0 N–H and O–H groups in total. The van der Waals surface area contributed by atoms with E-state index in [1.54, 1.807) is 11.0 Å².